The predicted octanol–water partition coefficient (Wildman–Crippen LogP) is 4.82. The molecule has 0 bridgehead atoms. The largest absolute Gasteiger partial charge is 0.480 e. The monoisotopic (exact) mass is 563 g/mol. The zero-order valence-electron chi connectivity index (χ0n) is 22.8. The van der Waals surface area contributed by atoms with Gasteiger partial charge in [0.15, 0.2) is 6.10 Å². The van der Waals surface area contributed by atoms with Gasteiger partial charge in [-0.3, -0.25) is 23.4 Å². The van der Waals surface area contributed by atoms with Gasteiger partial charge in [-0.25, -0.2) is 4.57 Å². The summed E-state index contributed by atoms with van der Waals surface area (Å²) in [7, 11) is -4.68. The van der Waals surface area contributed by atoms with Crippen LogP contribution in [0, 0.1) is 0 Å². The first-order valence-corrected chi connectivity index (χ1v) is 14.9. The third-order valence-electron chi connectivity index (χ3n) is 5.15. The average molecular weight is 564 g/mol. The van der Waals surface area contributed by atoms with Crippen LogP contribution in [0.4, 0.5) is 0 Å². The first kappa shape index (κ1) is 36.0. The van der Waals surface area contributed by atoms with Gasteiger partial charge in [-0.05, 0) is 38.5 Å². The van der Waals surface area contributed by atoms with E-state index in [4.69, 9.17) is 24.8 Å². The van der Waals surface area contributed by atoms with E-state index < -0.39 is 51.1 Å². The summed E-state index contributed by atoms with van der Waals surface area (Å²) in [5, 5.41) is 8.73. The molecule has 0 rings (SSSR count). The van der Waals surface area contributed by atoms with Gasteiger partial charge in [0.05, 0.1) is 13.2 Å². The van der Waals surface area contributed by atoms with Crippen LogP contribution in [0.25, 0.3) is 0 Å². The van der Waals surface area contributed by atoms with Gasteiger partial charge in [0.2, 0.25) is 0 Å². The molecule has 0 saturated carbocycles. The summed E-state index contributed by atoms with van der Waals surface area (Å²) in [5.74, 6) is -2.47. The van der Waals surface area contributed by atoms with E-state index in [0.717, 1.165) is 51.4 Å². The third-order valence-corrected chi connectivity index (χ3v) is 6.10. The number of hydrogen-bond donors (Lipinski definition) is 3. The molecule has 0 fully saturated rings. The van der Waals surface area contributed by atoms with E-state index in [-0.39, 0.29) is 19.4 Å². The van der Waals surface area contributed by atoms with E-state index in [1.54, 1.807) is 6.92 Å². The van der Waals surface area contributed by atoms with Gasteiger partial charge in [-0.1, -0.05) is 63.8 Å². The Labute approximate surface area is 226 Å². The molecule has 4 N–H and O–H groups in total. The van der Waals surface area contributed by atoms with Crippen molar-refractivity contribution in [3.05, 3.63) is 24.3 Å². The molecule has 0 aliphatic rings. The number of esters is 2. The van der Waals surface area contributed by atoms with E-state index in [1.807, 2.05) is 0 Å². The molecule has 12 heteroatoms. The topological polar surface area (TPSA) is 172 Å². The number of allylic oxidation sites excluding steroid dienone is 4. The lowest BCUT2D eigenvalue weighted by Crippen LogP contribution is -2.34. The summed E-state index contributed by atoms with van der Waals surface area (Å²) >= 11 is 0. The molecule has 0 heterocycles. The maximum absolute atomic E-state index is 12.3. The Balaban J connectivity index is 4.37. The summed E-state index contributed by atoms with van der Waals surface area (Å²) in [6.07, 6.45) is 17.4. The highest BCUT2D eigenvalue weighted by Crippen LogP contribution is 2.43. The Morgan fingerprint density at radius 2 is 1.45 bits per heavy atom. The van der Waals surface area contributed by atoms with Gasteiger partial charge in [0.1, 0.15) is 12.6 Å². The van der Waals surface area contributed by atoms with Crippen LogP contribution in [0.3, 0.4) is 0 Å². The van der Waals surface area contributed by atoms with Gasteiger partial charge in [0.25, 0.3) is 0 Å². The molecule has 0 spiro atoms. The van der Waals surface area contributed by atoms with E-state index >= 15 is 0 Å². The highest BCUT2D eigenvalue weighted by Gasteiger charge is 2.28. The third kappa shape index (κ3) is 22.0. The Bertz CT molecular complexity index is 771. The number of nitrogens with two attached hydrogens (primary N) is 1. The number of phosphoric ester groups is 1. The number of rotatable bonds is 24. The average Bonchev–Trinajstić information content (AvgIpc) is 2.87. The quantitative estimate of drug-likeness (QED) is 0.0636. The Hall–Kier alpha value is -2.04. The molecular formula is C26H46NO10P. The van der Waals surface area contributed by atoms with Gasteiger partial charge >= 0.3 is 25.7 Å². The van der Waals surface area contributed by atoms with Crippen molar-refractivity contribution in [1.29, 1.82) is 0 Å². The minimum atomic E-state index is -4.68. The number of carboxylic acids is 1. The second kappa shape index (κ2) is 22.9. The van der Waals surface area contributed by atoms with Crippen molar-refractivity contribution in [3.8, 4) is 0 Å². The van der Waals surface area contributed by atoms with Crippen molar-refractivity contribution < 1.29 is 47.5 Å². The molecule has 0 aliphatic heterocycles. The van der Waals surface area contributed by atoms with Crippen molar-refractivity contribution in [2.24, 2.45) is 5.73 Å². The van der Waals surface area contributed by atoms with Crippen molar-refractivity contribution in [2.75, 3.05) is 19.8 Å². The fourth-order valence-corrected chi connectivity index (χ4v) is 3.80. The summed E-state index contributed by atoms with van der Waals surface area (Å²) in [6, 6.07) is -1.52. The van der Waals surface area contributed by atoms with Gasteiger partial charge in [-0.2, -0.15) is 0 Å². The lowest BCUT2D eigenvalue weighted by atomic mass is 10.1. The predicted molar refractivity (Wildman–Crippen MR) is 143 cm³/mol. The van der Waals surface area contributed by atoms with Crippen LogP contribution in [0.1, 0.15) is 90.9 Å². The van der Waals surface area contributed by atoms with Crippen molar-refractivity contribution in [3.63, 3.8) is 0 Å². The Morgan fingerprint density at radius 3 is 2.11 bits per heavy atom. The van der Waals surface area contributed by atoms with Crippen LogP contribution in [0.5, 0.6) is 0 Å². The molecule has 0 aliphatic carbocycles. The smallest absolute Gasteiger partial charge is 0.472 e. The number of aliphatic carboxylic acids is 1. The molecule has 0 radical (unpaired) electrons. The number of phosphoric acid groups is 1. The molecule has 0 saturated heterocycles. The fraction of sp³-hybridized carbons (Fsp3) is 0.731. The number of carbonyl (C=O) groups excluding carboxylic acids is 2. The van der Waals surface area contributed by atoms with E-state index in [1.165, 1.54) is 0 Å². The molecule has 0 amide bonds. The standard InChI is InChI=1S/C26H46NO10P/c1-3-5-6-7-8-9-10-11-12-13-14-15-16-18-25(29)37-22(19-34-24(28)17-4-2)20-35-38(32,33)36-21-23(27)26(30)31/h6-7,9-10,22-23H,3-5,8,11-21,27H2,1-2H3,(H,30,31)(H,32,33)/b7-6-,10-9-. The van der Waals surface area contributed by atoms with Crippen molar-refractivity contribution in [1.82, 2.24) is 0 Å². The minimum absolute atomic E-state index is 0.143. The van der Waals surface area contributed by atoms with Crippen LogP contribution < -0.4 is 5.73 Å². The minimum Gasteiger partial charge on any atom is -0.480 e. The lowest BCUT2D eigenvalue weighted by molar-refractivity contribution is -0.161. The number of hydrogen-bond acceptors (Lipinski definition) is 9. The number of carboxylic acid groups (broad SMARTS) is 1. The van der Waals surface area contributed by atoms with Gasteiger partial charge < -0.3 is 25.2 Å². The molecule has 0 aromatic carbocycles. The first-order valence-electron chi connectivity index (χ1n) is 13.4. The molecule has 220 valence electrons. The fourth-order valence-electron chi connectivity index (χ4n) is 3.02. The first-order chi connectivity index (χ1) is 18.1. The summed E-state index contributed by atoms with van der Waals surface area (Å²) < 4.78 is 31.7. The second-order valence-corrected chi connectivity index (χ2v) is 10.3. The molecule has 3 atom stereocenters. The summed E-state index contributed by atoms with van der Waals surface area (Å²) in [6.45, 7) is 2.24. The highest BCUT2D eigenvalue weighted by molar-refractivity contribution is 7.47. The second-order valence-electron chi connectivity index (χ2n) is 8.82. The zero-order chi connectivity index (χ0) is 28.7. The van der Waals surface area contributed by atoms with Crippen LogP contribution in [0.2, 0.25) is 0 Å². The Morgan fingerprint density at radius 1 is 0.816 bits per heavy atom. The Kier molecular flexibility index (Phi) is 21.7. The number of ether oxygens (including phenoxy) is 2. The molecule has 38 heavy (non-hydrogen) atoms. The van der Waals surface area contributed by atoms with Crippen LogP contribution in [-0.2, 0) is 37.5 Å². The maximum atomic E-state index is 12.3. The van der Waals surface area contributed by atoms with Gasteiger partial charge in [-0.15, -0.1) is 0 Å². The SMILES string of the molecule is CCC/C=C\C/C=C\CCCCCCCC(=O)OC(COC(=O)CCC)COP(=O)(O)OCC(N)C(=O)O. The molecule has 0 aromatic rings. The van der Waals surface area contributed by atoms with Crippen LogP contribution >= 0.6 is 7.82 Å². The van der Waals surface area contributed by atoms with E-state index in [0.29, 0.717) is 12.8 Å². The zero-order valence-corrected chi connectivity index (χ0v) is 23.7. The van der Waals surface area contributed by atoms with Gasteiger partial charge in [0, 0.05) is 12.8 Å². The van der Waals surface area contributed by atoms with E-state index in [2.05, 4.69) is 35.8 Å². The van der Waals surface area contributed by atoms with Crippen molar-refractivity contribution in [2.45, 2.75) is 103 Å². The van der Waals surface area contributed by atoms with Crippen molar-refractivity contribution >= 4 is 25.7 Å². The van der Waals surface area contributed by atoms with Crippen LogP contribution in [0.15, 0.2) is 24.3 Å². The molecular weight excluding hydrogens is 517 g/mol. The highest BCUT2D eigenvalue weighted by atomic mass is 31.2. The number of unbranched alkanes of at least 4 members (excludes halogenated alkanes) is 6. The summed E-state index contributed by atoms with van der Waals surface area (Å²) in [4.78, 5) is 44.4. The number of carbonyl (C=O) groups is 3. The normalized spacial score (nSPS) is 14.8. The summed E-state index contributed by atoms with van der Waals surface area (Å²) in [5.41, 5.74) is 5.23. The molecule has 11 nitrogen and oxygen atoms in total. The lowest BCUT2D eigenvalue weighted by Gasteiger charge is -2.20. The van der Waals surface area contributed by atoms with Crippen LogP contribution in [-0.4, -0.2) is 59.9 Å². The molecule has 0 aromatic heterocycles. The maximum Gasteiger partial charge on any atom is 0.472 e. The van der Waals surface area contributed by atoms with E-state index in [9.17, 15) is 23.8 Å². The molecule has 3 unspecified atom stereocenters.